The van der Waals surface area contributed by atoms with Gasteiger partial charge in [0.05, 0.1) is 5.52 Å². The van der Waals surface area contributed by atoms with Crippen LogP contribution in [0.5, 0.6) is 0 Å². The topological polar surface area (TPSA) is 12.9 Å². The van der Waals surface area contributed by atoms with Crippen molar-refractivity contribution in [3.05, 3.63) is 36.5 Å². The van der Waals surface area contributed by atoms with Gasteiger partial charge in [-0.2, -0.15) is 0 Å². The van der Waals surface area contributed by atoms with Gasteiger partial charge in [-0.25, -0.2) is 0 Å². The van der Waals surface area contributed by atoms with Gasteiger partial charge in [-0.1, -0.05) is 18.2 Å². The van der Waals surface area contributed by atoms with Crippen LogP contribution in [0.2, 0.25) is 0 Å². The Hall–Kier alpha value is 0.121. The molecule has 0 fully saturated rings. The van der Waals surface area contributed by atoms with Gasteiger partial charge in [0.2, 0.25) is 0 Å². The summed E-state index contributed by atoms with van der Waals surface area (Å²) in [7, 11) is 0. The molecular weight excluding hydrogens is 229 g/mol. The molecule has 0 N–H and O–H groups in total. The van der Waals surface area contributed by atoms with Crippen LogP contribution in [0.3, 0.4) is 0 Å². The van der Waals surface area contributed by atoms with Crippen LogP contribution in [0.15, 0.2) is 36.5 Å². The maximum absolute atomic E-state index is 12.4. The second-order valence-corrected chi connectivity index (χ2v) is 3.03. The van der Waals surface area contributed by atoms with E-state index in [9.17, 15) is 12.9 Å². The maximum atomic E-state index is 12.4. The predicted octanol–water partition coefficient (Wildman–Crippen LogP) is -0.707. The normalized spacial score (nSPS) is 11.1. The summed E-state index contributed by atoms with van der Waals surface area (Å²) < 4.78 is 37.1. The molecule has 1 nitrogen and oxygen atoms in total. The molecule has 0 aliphatic heterocycles. The van der Waals surface area contributed by atoms with Gasteiger partial charge in [0, 0.05) is 6.20 Å². The van der Waals surface area contributed by atoms with E-state index >= 15 is 0 Å². The molecular formula is C9H6BF3KN. The van der Waals surface area contributed by atoms with E-state index in [1.165, 1.54) is 6.07 Å². The van der Waals surface area contributed by atoms with Gasteiger partial charge in [0.25, 0.3) is 0 Å². The maximum Gasteiger partial charge on any atom is 1.00 e. The zero-order chi connectivity index (χ0) is 10.2. The summed E-state index contributed by atoms with van der Waals surface area (Å²) in [5.74, 6) is 0. The van der Waals surface area contributed by atoms with Crippen LogP contribution < -0.4 is 56.8 Å². The van der Waals surface area contributed by atoms with E-state index in [4.69, 9.17) is 0 Å². The monoisotopic (exact) mass is 235 g/mol. The van der Waals surface area contributed by atoms with E-state index in [0.717, 1.165) is 12.1 Å². The predicted molar refractivity (Wildman–Crippen MR) is 50.5 cm³/mol. The van der Waals surface area contributed by atoms with Gasteiger partial charge in [0.1, 0.15) is 0 Å². The quantitative estimate of drug-likeness (QED) is 0.595. The van der Waals surface area contributed by atoms with Crippen molar-refractivity contribution in [3.63, 3.8) is 0 Å². The average Bonchev–Trinajstić information content (AvgIpc) is 2.16. The number of benzene rings is 1. The Labute approximate surface area is 128 Å². The Morgan fingerprint density at radius 1 is 1.07 bits per heavy atom. The van der Waals surface area contributed by atoms with Gasteiger partial charge in [-0.3, -0.25) is 4.98 Å². The third-order valence-electron chi connectivity index (χ3n) is 2.01. The molecule has 1 aromatic heterocycles. The Morgan fingerprint density at radius 3 is 2.47 bits per heavy atom. The Kier molecular flexibility index (Phi) is 4.37. The van der Waals surface area contributed by atoms with E-state index in [-0.39, 0.29) is 51.4 Å². The van der Waals surface area contributed by atoms with Crippen LogP contribution in [0, 0.1) is 0 Å². The molecule has 0 bridgehead atoms. The standard InChI is InChI=1S/C9H6BF3N.K/c11-10(12,13)8-3-4-9-7(6-8)2-1-5-14-9;/h1-6H;/q-1;+1. The van der Waals surface area contributed by atoms with Crippen LogP contribution in [0.1, 0.15) is 0 Å². The first-order chi connectivity index (χ1) is 6.57. The minimum atomic E-state index is -4.91. The molecule has 72 valence electrons. The number of pyridine rings is 1. The molecule has 0 aliphatic carbocycles. The molecule has 6 heteroatoms. The number of nitrogens with zero attached hydrogens (tertiary/aromatic N) is 1. The second-order valence-electron chi connectivity index (χ2n) is 3.03. The van der Waals surface area contributed by atoms with Crippen LogP contribution in [-0.4, -0.2) is 12.0 Å². The number of aromatic nitrogens is 1. The first-order valence-corrected chi connectivity index (χ1v) is 4.12. The van der Waals surface area contributed by atoms with Crippen molar-refractivity contribution in [1.29, 1.82) is 0 Å². The molecule has 1 heterocycles. The molecule has 0 radical (unpaired) electrons. The van der Waals surface area contributed by atoms with Gasteiger partial charge in [0.15, 0.2) is 0 Å². The minimum absolute atomic E-state index is 0. The van der Waals surface area contributed by atoms with Crippen molar-refractivity contribution in [2.45, 2.75) is 0 Å². The molecule has 2 rings (SSSR count). The van der Waals surface area contributed by atoms with Crippen molar-refractivity contribution in [2.24, 2.45) is 0 Å². The molecule has 0 spiro atoms. The van der Waals surface area contributed by atoms with Crippen LogP contribution in [-0.2, 0) is 0 Å². The Morgan fingerprint density at radius 2 is 1.80 bits per heavy atom. The fourth-order valence-electron chi connectivity index (χ4n) is 1.30. The summed E-state index contributed by atoms with van der Waals surface area (Å²) in [5.41, 5.74) is 0.00167. The molecule has 0 unspecified atom stereocenters. The second kappa shape index (κ2) is 4.97. The smallest absolute Gasteiger partial charge is 0.445 e. The molecule has 0 saturated carbocycles. The van der Waals surface area contributed by atoms with Crippen molar-refractivity contribution >= 4 is 23.3 Å². The van der Waals surface area contributed by atoms with Crippen molar-refractivity contribution < 1.29 is 64.3 Å². The number of halogens is 3. The SMILES string of the molecule is F[B-](F)(F)c1ccc2ncccc2c1.[K+]. The third kappa shape index (κ3) is 3.04. The van der Waals surface area contributed by atoms with Gasteiger partial charge in [-0.05, 0) is 17.5 Å². The fourth-order valence-corrected chi connectivity index (χ4v) is 1.30. The summed E-state index contributed by atoms with van der Waals surface area (Å²) in [6, 6.07) is 6.82. The third-order valence-corrected chi connectivity index (χ3v) is 2.01. The van der Waals surface area contributed by atoms with Crippen LogP contribution in [0.25, 0.3) is 10.9 Å². The molecule has 0 aliphatic rings. The van der Waals surface area contributed by atoms with Crippen molar-refractivity contribution in [1.82, 2.24) is 4.98 Å². The van der Waals surface area contributed by atoms with E-state index in [2.05, 4.69) is 4.98 Å². The first kappa shape index (κ1) is 13.2. The van der Waals surface area contributed by atoms with E-state index < -0.39 is 12.4 Å². The largest absolute Gasteiger partial charge is 1.00 e. The van der Waals surface area contributed by atoms with E-state index in [0.29, 0.717) is 10.9 Å². The summed E-state index contributed by atoms with van der Waals surface area (Å²) in [5, 5.41) is 0.518. The number of hydrogen-bond donors (Lipinski definition) is 0. The molecule has 0 amide bonds. The molecule has 2 aromatic rings. The molecule has 0 atom stereocenters. The van der Waals surface area contributed by atoms with Crippen molar-refractivity contribution in [2.75, 3.05) is 0 Å². The zero-order valence-corrected chi connectivity index (χ0v) is 11.2. The van der Waals surface area contributed by atoms with Crippen LogP contribution in [0.4, 0.5) is 12.9 Å². The summed E-state index contributed by atoms with van der Waals surface area (Å²) >= 11 is 0. The average molecular weight is 235 g/mol. The van der Waals surface area contributed by atoms with E-state index in [1.54, 1.807) is 18.3 Å². The Bertz CT molecular complexity index is 472. The fraction of sp³-hybridized carbons (Fsp3) is 0. The summed E-state index contributed by atoms with van der Waals surface area (Å²) in [6.07, 6.45) is 1.56. The first-order valence-electron chi connectivity index (χ1n) is 4.12. The van der Waals surface area contributed by atoms with Crippen LogP contribution >= 0.6 is 0 Å². The summed E-state index contributed by atoms with van der Waals surface area (Å²) in [4.78, 5) is 3.94. The van der Waals surface area contributed by atoms with Gasteiger partial charge < -0.3 is 12.9 Å². The molecule has 0 saturated heterocycles. The molecule has 1 aromatic carbocycles. The zero-order valence-electron chi connectivity index (χ0n) is 8.12. The number of rotatable bonds is 1. The Balaban J connectivity index is 0.00000112. The number of fused-ring (bicyclic) bond motifs is 1. The van der Waals surface area contributed by atoms with Crippen molar-refractivity contribution in [3.8, 4) is 0 Å². The number of hydrogen-bond acceptors (Lipinski definition) is 1. The minimum Gasteiger partial charge on any atom is -0.445 e. The van der Waals surface area contributed by atoms with E-state index in [1.807, 2.05) is 0 Å². The van der Waals surface area contributed by atoms with Gasteiger partial charge in [-0.15, -0.1) is 5.46 Å². The molecule has 15 heavy (non-hydrogen) atoms. The van der Waals surface area contributed by atoms with Gasteiger partial charge >= 0.3 is 58.4 Å². The summed E-state index contributed by atoms with van der Waals surface area (Å²) in [6.45, 7) is -4.91.